The highest BCUT2D eigenvalue weighted by Crippen LogP contribution is 2.45. The van der Waals surface area contributed by atoms with E-state index in [0.717, 1.165) is 12.1 Å². The van der Waals surface area contributed by atoms with Gasteiger partial charge in [-0.05, 0) is 39.7 Å². The van der Waals surface area contributed by atoms with Crippen LogP contribution in [0, 0.1) is 5.92 Å². The molecule has 2 N–H and O–H groups in total. The van der Waals surface area contributed by atoms with Gasteiger partial charge in [0.25, 0.3) is 0 Å². The number of hydrogen-bond donors (Lipinski definition) is 1. The molecule has 2 rings (SSSR count). The normalized spacial score (nSPS) is 23.5. The molecule has 0 bridgehead atoms. The number of carbonyl (C=O) groups excluding carboxylic acids is 1. The van der Waals surface area contributed by atoms with Crippen molar-refractivity contribution in [2.75, 3.05) is 6.54 Å². The third-order valence-electron chi connectivity index (χ3n) is 2.81. The van der Waals surface area contributed by atoms with Gasteiger partial charge in [0.2, 0.25) is 0 Å². The van der Waals surface area contributed by atoms with Gasteiger partial charge in [-0.2, -0.15) is 0 Å². The van der Waals surface area contributed by atoms with E-state index in [-0.39, 0.29) is 6.09 Å². The van der Waals surface area contributed by atoms with Gasteiger partial charge in [-0.25, -0.2) is 14.3 Å². The first kappa shape index (κ1) is 12.1. The average molecular weight is 237 g/mol. The molecule has 0 aromatic carbocycles. The number of carbonyl (C=O) groups is 1. The van der Waals surface area contributed by atoms with Crippen molar-refractivity contribution in [1.82, 2.24) is 9.55 Å². The molecule has 0 saturated heterocycles. The molecule has 1 aromatic rings. The van der Waals surface area contributed by atoms with Gasteiger partial charge >= 0.3 is 6.09 Å². The van der Waals surface area contributed by atoms with Crippen LogP contribution in [0.5, 0.6) is 0 Å². The third kappa shape index (κ3) is 2.85. The van der Waals surface area contributed by atoms with Crippen molar-refractivity contribution in [1.29, 1.82) is 0 Å². The first-order chi connectivity index (χ1) is 7.90. The smallest absolute Gasteiger partial charge is 0.419 e. The predicted octanol–water partition coefficient (Wildman–Crippen LogP) is 1.73. The van der Waals surface area contributed by atoms with E-state index in [0.29, 0.717) is 18.4 Å². The molecule has 1 aliphatic rings. The van der Waals surface area contributed by atoms with Crippen LogP contribution in [0.3, 0.4) is 0 Å². The van der Waals surface area contributed by atoms with Crippen LogP contribution in [0.1, 0.15) is 38.8 Å². The number of imidazole rings is 1. The Labute approximate surface area is 101 Å². The minimum atomic E-state index is -0.485. The van der Waals surface area contributed by atoms with Crippen molar-refractivity contribution in [2.24, 2.45) is 11.7 Å². The molecule has 1 heterocycles. The molecule has 0 radical (unpaired) electrons. The van der Waals surface area contributed by atoms with Crippen LogP contribution in [0.25, 0.3) is 0 Å². The summed E-state index contributed by atoms with van der Waals surface area (Å²) in [5, 5.41) is 0. The quantitative estimate of drug-likeness (QED) is 0.850. The van der Waals surface area contributed by atoms with E-state index in [1.165, 1.54) is 10.9 Å². The zero-order chi connectivity index (χ0) is 12.6. The maximum Gasteiger partial charge on any atom is 0.419 e. The van der Waals surface area contributed by atoms with Crippen LogP contribution in [0.15, 0.2) is 12.5 Å². The predicted molar refractivity (Wildman–Crippen MR) is 63.8 cm³/mol. The summed E-state index contributed by atoms with van der Waals surface area (Å²) < 4.78 is 6.65. The second-order valence-corrected chi connectivity index (χ2v) is 5.52. The molecule has 1 aromatic heterocycles. The molecule has 1 fully saturated rings. The molecule has 1 saturated carbocycles. The van der Waals surface area contributed by atoms with Gasteiger partial charge in [0.1, 0.15) is 11.9 Å². The van der Waals surface area contributed by atoms with Crippen molar-refractivity contribution in [3.8, 4) is 0 Å². The Morgan fingerprint density at radius 1 is 1.65 bits per heavy atom. The highest BCUT2D eigenvalue weighted by molar-refractivity contribution is 5.70. The van der Waals surface area contributed by atoms with E-state index in [4.69, 9.17) is 10.5 Å². The van der Waals surface area contributed by atoms with E-state index in [1.54, 1.807) is 6.20 Å². The fourth-order valence-corrected chi connectivity index (χ4v) is 1.81. The Hall–Kier alpha value is -1.36. The van der Waals surface area contributed by atoms with Crippen molar-refractivity contribution in [2.45, 2.75) is 38.7 Å². The number of aromatic nitrogens is 2. The monoisotopic (exact) mass is 237 g/mol. The standard InChI is InChI=1S/C12H19N3O2/c1-12(2,3)17-11(16)15-6-10(14-7-15)9-4-8(9)5-13/h6-9H,4-5,13H2,1-3H3/t8-,9+/m0/s1. The van der Waals surface area contributed by atoms with Gasteiger partial charge in [-0.3, -0.25) is 0 Å². The summed E-state index contributed by atoms with van der Waals surface area (Å²) in [6.45, 7) is 6.21. The summed E-state index contributed by atoms with van der Waals surface area (Å²) in [6, 6.07) is 0. The van der Waals surface area contributed by atoms with Crippen LogP contribution in [0.2, 0.25) is 0 Å². The summed E-state index contributed by atoms with van der Waals surface area (Å²) in [7, 11) is 0. The van der Waals surface area contributed by atoms with Gasteiger partial charge in [-0.1, -0.05) is 0 Å². The number of ether oxygens (including phenoxy) is 1. The Balaban J connectivity index is 2.01. The third-order valence-corrected chi connectivity index (χ3v) is 2.81. The molecule has 5 heteroatoms. The zero-order valence-electron chi connectivity index (χ0n) is 10.5. The van der Waals surface area contributed by atoms with Gasteiger partial charge in [-0.15, -0.1) is 0 Å². The molecule has 0 amide bonds. The first-order valence-corrected chi connectivity index (χ1v) is 5.88. The molecule has 2 atom stereocenters. The number of rotatable bonds is 2. The molecule has 17 heavy (non-hydrogen) atoms. The number of hydrogen-bond acceptors (Lipinski definition) is 4. The summed E-state index contributed by atoms with van der Waals surface area (Å²) >= 11 is 0. The highest BCUT2D eigenvalue weighted by Gasteiger charge is 2.38. The van der Waals surface area contributed by atoms with Crippen LogP contribution in [-0.2, 0) is 4.74 Å². The molecule has 0 unspecified atom stereocenters. The summed E-state index contributed by atoms with van der Waals surface area (Å²) in [6.07, 6.45) is 3.94. The maximum absolute atomic E-state index is 11.7. The van der Waals surface area contributed by atoms with Crippen LogP contribution < -0.4 is 5.73 Å². The minimum Gasteiger partial charge on any atom is -0.443 e. The van der Waals surface area contributed by atoms with Crippen LogP contribution >= 0.6 is 0 Å². The minimum absolute atomic E-state index is 0.388. The van der Waals surface area contributed by atoms with E-state index in [1.807, 2.05) is 20.8 Å². The number of nitrogens with zero attached hydrogens (tertiary/aromatic N) is 2. The van der Waals surface area contributed by atoms with E-state index >= 15 is 0 Å². The second kappa shape index (κ2) is 4.14. The molecule has 0 aliphatic heterocycles. The van der Waals surface area contributed by atoms with E-state index in [2.05, 4.69) is 4.98 Å². The molecular weight excluding hydrogens is 218 g/mol. The highest BCUT2D eigenvalue weighted by atomic mass is 16.6. The Bertz CT molecular complexity index is 420. The number of nitrogens with two attached hydrogens (primary N) is 1. The van der Waals surface area contributed by atoms with Crippen molar-refractivity contribution in [3.63, 3.8) is 0 Å². The van der Waals surface area contributed by atoms with E-state index in [9.17, 15) is 4.79 Å². The fraction of sp³-hybridized carbons (Fsp3) is 0.667. The van der Waals surface area contributed by atoms with Crippen LogP contribution in [0.4, 0.5) is 4.79 Å². The molecular formula is C12H19N3O2. The lowest BCUT2D eigenvalue weighted by Gasteiger charge is -2.19. The van der Waals surface area contributed by atoms with Crippen LogP contribution in [-0.4, -0.2) is 27.8 Å². The molecule has 0 spiro atoms. The summed E-state index contributed by atoms with van der Waals surface area (Å²) in [4.78, 5) is 16.0. The lowest BCUT2D eigenvalue weighted by Crippen LogP contribution is -2.26. The zero-order valence-corrected chi connectivity index (χ0v) is 10.5. The van der Waals surface area contributed by atoms with Gasteiger partial charge in [0.15, 0.2) is 0 Å². The molecule has 5 nitrogen and oxygen atoms in total. The lowest BCUT2D eigenvalue weighted by molar-refractivity contribution is 0.0536. The van der Waals surface area contributed by atoms with Crippen molar-refractivity contribution < 1.29 is 9.53 Å². The Morgan fingerprint density at radius 2 is 2.35 bits per heavy atom. The van der Waals surface area contributed by atoms with E-state index < -0.39 is 5.60 Å². The lowest BCUT2D eigenvalue weighted by atomic mass is 10.2. The maximum atomic E-state index is 11.7. The van der Waals surface area contributed by atoms with Gasteiger partial charge in [0, 0.05) is 12.1 Å². The largest absolute Gasteiger partial charge is 0.443 e. The van der Waals surface area contributed by atoms with Crippen molar-refractivity contribution in [3.05, 3.63) is 18.2 Å². The molecule has 94 valence electrons. The first-order valence-electron chi connectivity index (χ1n) is 5.88. The van der Waals surface area contributed by atoms with Crippen molar-refractivity contribution >= 4 is 6.09 Å². The van der Waals surface area contributed by atoms with Gasteiger partial charge in [0.05, 0.1) is 5.69 Å². The SMILES string of the molecule is CC(C)(C)OC(=O)n1cnc([C@@H]2C[C@H]2CN)c1. The molecule has 1 aliphatic carbocycles. The average Bonchev–Trinajstić information content (AvgIpc) is 2.83. The summed E-state index contributed by atoms with van der Waals surface area (Å²) in [5.41, 5.74) is 6.04. The summed E-state index contributed by atoms with van der Waals surface area (Å²) in [5.74, 6) is 0.945. The Morgan fingerprint density at radius 3 is 2.88 bits per heavy atom. The second-order valence-electron chi connectivity index (χ2n) is 5.52. The Kier molecular flexibility index (Phi) is 2.95. The van der Waals surface area contributed by atoms with Gasteiger partial charge < -0.3 is 10.5 Å². The topological polar surface area (TPSA) is 70.1 Å². The fourth-order valence-electron chi connectivity index (χ4n) is 1.81.